The molecule has 0 aromatic carbocycles. The van der Waals surface area contributed by atoms with Gasteiger partial charge in [-0.1, -0.05) is 0 Å². The molecule has 0 saturated heterocycles. The molecule has 4 N–H and O–H groups in total. The molecular formula is C4H8N2O2S. The van der Waals surface area contributed by atoms with Crippen molar-refractivity contribution >= 4 is 23.6 Å². The lowest BCUT2D eigenvalue weighted by Gasteiger charge is -1.92. The Morgan fingerprint density at radius 3 is 2.56 bits per heavy atom. The Labute approximate surface area is 56.9 Å². The van der Waals surface area contributed by atoms with Crippen molar-refractivity contribution in [1.29, 1.82) is 5.41 Å². The molecule has 4 nitrogen and oxygen atoms in total. The van der Waals surface area contributed by atoms with Crippen molar-refractivity contribution in [2.75, 3.05) is 11.5 Å². The SMILES string of the molecule is N=C(N)CSCC(=O)O. The van der Waals surface area contributed by atoms with Gasteiger partial charge in [0.1, 0.15) is 5.84 Å². The number of amidine groups is 1. The van der Waals surface area contributed by atoms with Crippen molar-refractivity contribution in [3.63, 3.8) is 0 Å². The van der Waals surface area contributed by atoms with Crippen molar-refractivity contribution in [3.05, 3.63) is 0 Å². The molecule has 0 radical (unpaired) electrons. The Morgan fingerprint density at radius 1 is 1.67 bits per heavy atom. The summed E-state index contributed by atoms with van der Waals surface area (Å²) in [6, 6.07) is 0. The normalized spacial score (nSPS) is 8.89. The van der Waals surface area contributed by atoms with Crippen molar-refractivity contribution < 1.29 is 9.90 Å². The highest BCUT2D eigenvalue weighted by Gasteiger charge is 1.96. The molecule has 0 unspecified atom stereocenters. The highest BCUT2D eigenvalue weighted by atomic mass is 32.2. The van der Waals surface area contributed by atoms with Gasteiger partial charge in [0.15, 0.2) is 0 Å². The lowest BCUT2D eigenvalue weighted by atomic mass is 10.7. The van der Waals surface area contributed by atoms with E-state index in [1.165, 1.54) is 0 Å². The van der Waals surface area contributed by atoms with Gasteiger partial charge in [-0.15, -0.1) is 11.8 Å². The molecule has 0 bridgehead atoms. The van der Waals surface area contributed by atoms with Crippen LogP contribution in [-0.2, 0) is 4.79 Å². The number of rotatable bonds is 4. The first-order chi connectivity index (χ1) is 4.13. The van der Waals surface area contributed by atoms with Crippen LogP contribution in [0.5, 0.6) is 0 Å². The Bertz CT molecular complexity index is 112. The number of nitrogens with one attached hydrogen (secondary N) is 1. The van der Waals surface area contributed by atoms with Gasteiger partial charge in [0.25, 0.3) is 0 Å². The fourth-order valence-corrected chi connectivity index (χ4v) is 0.745. The van der Waals surface area contributed by atoms with E-state index in [4.69, 9.17) is 16.2 Å². The second-order valence-electron chi connectivity index (χ2n) is 1.41. The number of carboxylic acid groups (broad SMARTS) is 1. The number of carboxylic acids is 1. The summed E-state index contributed by atoms with van der Waals surface area (Å²) in [6.45, 7) is 0. The van der Waals surface area contributed by atoms with E-state index in [2.05, 4.69) is 0 Å². The predicted octanol–water partition coefficient (Wildman–Crippen LogP) is -0.260. The van der Waals surface area contributed by atoms with Crippen LogP contribution in [0.4, 0.5) is 0 Å². The number of hydrogen-bond acceptors (Lipinski definition) is 3. The van der Waals surface area contributed by atoms with Gasteiger partial charge in [0.05, 0.1) is 11.5 Å². The van der Waals surface area contributed by atoms with Gasteiger partial charge in [-0.2, -0.15) is 0 Å². The summed E-state index contributed by atoms with van der Waals surface area (Å²) in [4.78, 5) is 9.85. The van der Waals surface area contributed by atoms with Gasteiger partial charge in [-0.25, -0.2) is 0 Å². The minimum atomic E-state index is -0.874. The maximum Gasteiger partial charge on any atom is 0.313 e. The van der Waals surface area contributed by atoms with E-state index >= 15 is 0 Å². The molecule has 0 aliphatic heterocycles. The summed E-state index contributed by atoms with van der Waals surface area (Å²) in [7, 11) is 0. The summed E-state index contributed by atoms with van der Waals surface area (Å²) >= 11 is 1.12. The Balaban J connectivity index is 3.10. The van der Waals surface area contributed by atoms with Gasteiger partial charge < -0.3 is 10.8 Å². The molecule has 0 amide bonds. The minimum absolute atomic E-state index is 0.0135. The standard InChI is InChI=1S/C4H8N2O2S/c5-3(6)1-9-2-4(7)8/h1-2H2,(H3,5,6)(H,7,8). The summed E-state index contributed by atoms with van der Waals surface area (Å²) in [5.74, 6) is -0.547. The molecular weight excluding hydrogens is 140 g/mol. The highest BCUT2D eigenvalue weighted by Crippen LogP contribution is 1.96. The first-order valence-corrected chi connectivity index (χ1v) is 3.41. The van der Waals surface area contributed by atoms with Crippen molar-refractivity contribution in [2.45, 2.75) is 0 Å². The maximum atomic E-state index is 9.85. The fraction of sp³-hybridized carbons (Fsp3) is 0.500. The van der Waals surface area contributed by atoms with Crippen LogP contribution in [0, 0.1) is 5.41 Å². The highest BCUT2D eigenvalue weighted by molar-refractivity contribution is 8.00. The molecule has 0 aliphatic carbocycles. The third-order valence-electron chi connectivity index (χ3n) is 0.483. The Hall–Kier alpha value is -0.710. The van der Waals surface area contributed by atoms with Crippen LogP contribution in [-0.4, -0.2) is 28.4 Å². The zero-order valence-electron chi connectivity index (χ0n) is 4.76. The number of thioether (sulfide) groups is 1. The fourth-order valence-electron chi connectivity index (χ4n) is 0.248. The molecule has 52 valence electrons. The van der Waals surface area contributed by atoms with E-state index in [1.54, 1.807) is 0 Å². The smallest absolute Gasteiger partial charge is 0.313 e. The van der Waals surface area contributed by atoms with Crippen LogP contribution in [0.15, 0.2) is 0 Å². The zero-order chi connectivity index (χ0) is 7.28. The lowest BCUT2D eigenvalue weighted by molar-refractivity contribution is -0.133. The number of aliphatic carboxylic acids is 1. The van der Waals surface area contributed by atoms with Crippen LogP contribution in [0.2, 0.25) is 0 Å². The molecule has 0 atom stereocenters. The molecule has 5 heteroatoms. The molecule has 0 rings (SSSR count). The molecule has 9 heavy (non-hydrogen) atoms. The Kier molecular flexibility index (Phi) is 3.87. The molecule has 0 aromatic rings. The quantitative estimate of drug-likeness (QED) is 0.378. The number of nitrogens with two attached hydrogens (primary N) is 1. The van der Waals surface area contributed by atoms with Crippen LogP contribution in [0.3, 0.4) is 0 Å². The van der Waals surface area contributed by atoms with Crippen LogP contribution in [0.25, 0.3) is 0 Å². The molecule has 0 saturated carbocycles. The molecule has 0 heterocycles. The summed E-state index contributed by atoms with van der Waals surface area (Å²) < 4.78 is 0. The minimum Gasteiger partial charge on any atom is -0.481 e. The molecule has 0 aliphatic rings. The largest absolute Gasteiger partial charge is 0.481 e. The lowest BCUT2D eigenvalue weighted by Crippen LogP contribution is -2.13. The van der Waals surface area contributed by atoms with Gasteiger partial charge in [-0.05, 0) is 0 Å². The van der Waals surface area contributed by atoms with Crippen molar-refractivity contribution in [3.8, 4) is 0 Å². The van der Waals surface area contributed by atoms with E-state index in [0.29, 0.717) is 5.75 Å². The number of hydrogen-bond donors (Lipinski definition) is 3. The van der Waals surface area contributed by atoms with Crippen molar-refractivity contribution in [1.82, 2.24) is 0 Å². The van der Waals surface area contributed by atoms with Gasteiger partial charge in [0.2, 0.25) is 0 Å². The van der Waals surface area contributed by atoms with E-state index in [9.17, 15) is 4.79 Å². The zero-order valence-corrected chi connectivity index (χ0v) is 5.57. The van der Waals surface area contributed by atoms with Crippen LogP contribution >= 0.6 is 11.8 Å². The van der Waals surface area contributed by atoms with E-state index in [-0.39, 0.29) is 11.6 Å². The Morgan fingerprint density at radius 2 is 2.22 bits per heavy atom. The number of carbonyl (C=O) groups is 1. The predicted molar refractivity (Wildman–Crippen MR) is 36.9 cm³/mol. The first kappa shape index (κ1) is 8.29. The third-order valence-corrected chi connectivity index (χ3v) is 1.45. The monoisotopic (exact) mass is 148 g/mol. The average molecular weight is 148 g/mol. The summed E-state index contributed by atoms with van der Waals surface area (Å²) in [5, 5.41) is 14.8. The third kappa shape index (κ3) is 7.29. The molecule has 0 fully saturated rings. The maximum absolute atomic E-state index is 9.85. The van der Waals surface area contributed by atoms with Crippen LogP contribution in [0.1, 0.15) is 0 Å². The van der Waals surface area contributed by atoms with E-state index < -0.39 is 5.97 Å². The van der Waals surface area contributed by atoms with Crippen molar-refractivity contribution in [2.24, 2.45) is 5.73 Å². The molecule has 0 aromatic heterocycles. The summed E-state index contributed by atoms with van der Waals surface area (Å²) in [5.41, 5.74) is 4.95. The van der Waals surface area contributed by atoms with Crippen LogP contribution < -0.4 is 5.73 Å². The van der Waals surface area contributed by atoms with Gasteiger partial charge in [-0.3, -0.25) is 10.2 Å². The molecule has 0 spiro atoms. The second-order valence-corrected chi connectivity index (χ2v) is 2.40. The first-order valence-electron chi connectivity index (χ1n) is 2.25. The van der Waals surface area contributed by atoms with E-state index in [1.807, 2.05) is 0 Å². The average Bonchev–Trinajstić information content (AvgIpc) is 1.63. The van der Waals surface area contributed by atoms with E-state index in [0.717, 1.165) is 11.8 Å². The van der Waals surface area contributed by atoms with Gasteiger partial charge in [0, 0.05) is 0 Å². The topological polar surface area (TPSA) is 87.2 Å². The summed E-state index contributed by atoms with van der Waals surface area (Å²) in [6.07, 6.45) is 0. The second kappa shape index (κ2) is 4.20. The van der Waals surface area contributed by atoms with Gasteiger partial charge >= 0.3 is 5.97 Å².